The Hall–Kier alpha value is -3.15. The van der Waals surface area contributed by atoms with Crippen molar-refractivity contribution in [1.82, 2.24) is 5.32 Å². The Morgan fingerprint density at radius 1 is 1.11 bits per heavy atom. The van der Waals surface area contributed by atoms with Crippen molar-refractivity contribution in [1.29, 1.82) is 0 Å². The largest absolute Gasteiger partial charge is 0.481 e. The minimum absolute atomic E-state index is 0.00535. The second-order valence-corrected chi connectivity index (χ2v) is 7.37. The minimum Gasteiger partial charge on any atom is -0.481 e. The van der Waals surface area contributed by atoms with Crippen LogP contribution in [0.4, 0.5) is 5.69 Å². The molecule has 6 heteroatoms. The number of hydrogen-bond acceptors (Lipinski definition) is 3. The van der Waals surface area contributed by atoms with Crippen molar-refractivity contribution in [3.63, 3.8) is 0 Å². The van der Waals surface area contributed by atoms with Crippen molar-refractivity contribution in [3.05, 3.63) is 65.2 Å². The molecule has 1 aliphatic carbocycles. The van der Waals surface area contributed by atoms with Gasteiger partial charge in [0, 0.05) is 17.2 Å². The van der Waals surface area contributed by atoms with Crippen LogP contribution in [-0.4, -0.2) is 22.9 Å². The lowest BCUT2D eigenvalue weighted by molar-refractivity contribution is -0.137. The lowest BCUT2D eigenvalue weighted by Gasteiger charge is -2.19. The number of amides is 2. The first-order valence-electron chi connectivity index (χ1n) is 9.34. The van der Waals surface area contributed by atoms with Crippen LogP contribution in [0.2, 0.25) is 0 Å². The van der Waals surface area contributed by atoms with Gasteiger partial charge in [0.1, 0.15) is 0 Å². The van der Waals surface area contributed by atoms with E-state index in [2.05, 4.69) is 10.6 Å². The van der Waals surface area contributed by atoms with E-state index < -0.39 is 12.0 Å². The van der Waals surface area contributed by atoms with Crippen LogP contribution >= 0.6 is 0 Å². The molecule has 3 N–H and O–H groups in total. The van der Waals surface area contributed by atoms with E-state index >= 15 is 0 Å². The lowest BCUT2D eigenvalue weighted by Crippen LogP contribution is -2.30. The molecule has 3 atom stereocenters. The Bertz CT molecular complexity index is 892. The number of aliphatic carboxylic acids is 1. The van der Waals surface area contributed by atoms with E-state index in [1.165, 1.54) is 0 Å². The molecule has 0 heterocycles. The van der Waals surface area contributed by atoms with E-state index in [-0.39, 0.29) is 24.2 Å². The van der Waals surface area contributed by atoms with Gasteiger partial charge in [-0.3, -0.25) is 14.4 Å². The van der Waals surface area contributed by atoms with Gasteiger partial charge in [-0.1, -0.05) is 31.2 Å². The molecule has 0 saturated heterocycles. The molecule has 1 saturated carbocycles. The Morgan fingerprint density at radius 3 is 2.32 bits per heavy atom. The summed E-state index contributed by atoms with van der Waals surface area (Å²) in [6, 6.07) is 13.4. The smallest absolute Gasteiger partial charge is 0.305 e. The van der Waals surface area contributed by atoms with E-state index in [1.807, 2.05) is 38.1 Å². The quantitative estimate of drug-likeness (QED) is 0.685. The number of anilines is 1. The van der Waals surface area contributed by atoms with E-state index in [4.69, 9.17) is 0 Å². The maximum absolute atomic E-state index is 12.6. The minimum atomic E-state index is -0.985. The standard InChI is InChI=1S/C22H24N2O4/c1-13-5-3-4-6-17(13)19(12-20(25)26)24-21(27)15-7-9-16(10-8-15)23-22(28)18-11-14(18)2/h3-10,14,18-19H,11-12H2,1-2H3,(H,23,28)(H,24,27)(H,25,26). The summed E-state index contributed by atoms with van der Waals surface area (Å²) in [6.45, 7) is 3.92. The van der Waals surface area contributed by atoms with Gasteiger partial charge in [-0.25, -0.2) is 0 Å². The van der Waals surface area contributed by atoms with Gasteiger partial charge >= 0.3 is 5.97 Å². The third-order valence-corrected chi connectivity index (χ3v) is 5.11. The summed E-state index contributed by atoms with van der Waals surface area (Å²) in [5.41, 5.74) is 2.74. The summed E-state index contributed by atoms with van der Waals surface area (Å²) in [7, 11) is 0. The molecule has 0 radical (unpaired) electrons. The predicted octanol–water partition coefficient (Wildman–Crippen LogP) is 3.54. The van der Waals surface area contributed by atoms with Crippen molar-refractivity contribution in [2.45, 2.75) is 32.7 Å². The highest BCUT2D eigenvalue weighted by Gasteiger charge is 2.39. The maximum Gasteiger partial charge on any atom is 0.305 e. The second-order valence-electron chi connectivity index (χ2n) is 7.37. The highest BCUT2D eigenvalue weighted by molar-refractivity contribution is 5.97. The molecule has 28 heavy (non-hydrogen) atoms. The molecular formula is C22H24N2O4. The molecule has 2 amide bonds. The average Bonchev–Trinajstić information content (AvgIpc) is 3.38. The molecule has 3 unspecified atom stereocenters. The van der Waals surface area contributed by atoms with Gasteiger partial charge in [0.05, 0.1) is 12.5 Å². The second kappa shape index (κ2) is 8.25. The van der Waals surface area contributed by atoms with Gasteiger partial charge in [0.15, 0.2) is 0 Å². The molecule has 1 fully saturated rings. The Balaban J connectivity index is 1.68. The fourth-order valence-corrected chi connectivity index (χ4v) is 3.26. The number of carbonyl (C=O) groups is 3. The zero-order chi connectivity index (χ0) is 20.3. The summed E-state index contributed by atoms with van der Waals surface area (Å²) >= 11 is 0. The average molecular weight is 380 g/mol. The van der Waals surface area contributed by atoms with Crippen LogP contribution in [0.15, 0.2) is 48.5 Å². The van der Waals surface area contributed by atoms with Crippen LogP contribution < -0.4 is 10.6 Å². The van der Waals surface area contributed by atoms with Crippen molar-refractivity contribution in [2.75, 3.05) is 5.32 Å². The number of rotatable bonds is 7. The van der Waals surface area contributed by atoms with Crippen molar-refractivity contribution in [2.24, 2.45) is 11.8 Å². The van der Waals surface area contributed by atoms with E-state index in [0.29, 0.717) is 17.2 Å². The van der Waals surface area contributed by atoms with Gasteiger partial charge < -0.3 is 15.7 Å². The summed E-state index contributed by atoms with van der Waals surface area (Å²) in [5, 5.41) is 14.9. The number of carboxylic acid groups (broad SMARTS) is 1. The number of benzene rings is 2. The Labute approximate surface area is 164 Å². The van der Waals surface area contributed by atoms with Gasteiger partial charge in [-0.2, -0.15) is 0 Å². The molecule has 2 aromatic carbocycles. The first-order valence-corrected chi connectivity index (χ1v) is 9.34. The normalized spacial score (nSPS) is 18.8. The number of aryl methyl sites for hydroxylation is 1. The molecule has 0 bridgehead atoms. The molecule has 6 nitrogen and oxygen atoms in total. The van der Waals surface area contributed by atoms with E-state index in [9.17, 15) is 19.5 Å². The molecule has 146 valence electrons. The third kappa shape index (κ3) is 4.76. The first-order chi connectivity index (χ1) is 13.3. The molecule has 0 aliphatic heterocycles. The van der Waals surface area contributed by atoms with Crippen molar-refractivity contribution >= 4 is 23.5 Å². The monoisotopic (exact) mass is 380 g/mol. The molecule has 1 aliphatic rings. The molecule has 0 aromatic heterocycles. The Kier molecular flexibility index (Phi) is 5.78. The molecule has 0 spiro atoms. The maximum atomic E-state index is 12.6. The van der Waals surface area contributed by atoms with Crippen LogP contribution in [0.5, 0.6) is 0 Å². The lowest BCUT2D eigenvalue weighted by atomic mass is 9.98. The zero-order valence-electron chi connectivity index (χ0n) is 15.9. The van der Waals surface area contributed by atoms with Crippen molar-refractivity contribution < 1.29 is 19.5 Å². The zero-order valence-corrected chi connectivity index (χ0v) is 15.9. The topological polar surface area (TPSA) is 95.5 Å². The number of hydrogen-bond donors (Lipinski definition) is 3. The highest BCUT2D eigenvalue weighted by Crippen LogP contribution is 2.38. The first kappa shape index (κ1) is 19.6. The van der Waals surface area contributed by atoms with Crippen LogP contribution in [0.1, 0.15) is 47.3 Å². The van der Waals surface area contributed by atoms with Crippen LogP contribution in [-0.2, 0) is 9.59 Å². The van der Waals surface area contributed by atoms with Gasteiger partial charge in [0.25, 0.3) is 5.91 Å². The fourth-order valence-electron chi connectivity index (χ4n) is 3.26. The van der Waals surface area contributed by atoms with E-state index in [0.717, 1.165) is 17.5 Å². The van der Waals surface area contributed by atoms with Crippen LogP contribution in [0.3, 0.4) is 0 Å². The Morgan fingerprint density at radius 2 is 1.75 bits per heavy atom. The van der Waals surface area contributed by atoms with Gasteiger partial charge in [0.2, 0.25) is 5.91 Å². The SMILES string of the molecule is Cc1ccccc1C(CC(=O)O)NC(=O)c1ccc(NC(=O)C2CC2C)cc1. The van der Waals surface area contributed by atoms with Gasteiger partial charge in [-0.15, -0.1) is 0 Å². The van der Waals surface area contributed by atoms with Crippen LogP contribution in [0, 0.1) is 18.8 Å². The van der Waals surface area contributed by atoms with Crippen LogP contribution in [0.25, 0.3) is 0 Å². The highest BCUT2D eigenvalue weighted by atomic mass is 16.4. The van der Waals surface area contributed by atoms with E-state index in [1.54, 1.807) is 24.3 Å². The number of carboxylic acids is 1. The summed E-state index contributed by atoms with van der Waals surface area (Å²) < 4.78 is 0. The predicted molar refractivity (Wildman–Crippen MR) is 106 cm³/mol. The summed E-state index contributed by atoms with van der Waals surface area (Å²) in [5.74, 6) is -0.832. The molecule has 2 aromatic rings. The summed E-state index contributed by atoms with van der Waals surface area (Å²) in [4.78, 5) is 35.9. The fraction of sp³-hybridized carbons (Fsp3) is 0.318. The number of nitrogens with one attached hydrogen (secondary N) is 2. The molecular weight excluding hydrogens is 356 g/mol. The third-order valence-electron chi connectivity index (χ3n) is 5.11. The number of carbonyl (C=O) groups excluding carboxylic acids is 2. The summed E-state index contributed by atoms with van der Waals surface area (Å²) in [6.07, 6.45) is 0.709. The van der Waals surface area contributed by atoms with Gasteiger partial charge in [-0.05, 0) is 54.7 Å². The molecule has 3 rings (SSSR count). The van der Waals surface area contributed by atoms with Crippen molar-refractivity contribution in [3.8, 4) is 0 Å².